The Morgan fingerprint density at radius 2 is 1.91 bits per heavy atom. The fourth-order valence-electron chi connectivity index (χ4n) is 6.29. The molecule has 1 aromatic carbocycles. The smallest absolute Gasteiger partial charge is 0.341 e. The van der Waals surface area contributed by atoms with Crippen LogP contribution in [0.3, 0.4) is 0 Å². The highest BCUT2D eigenvalue weighted by molar-refractivity contribution is 5.68. The zero-order chi connectivity index (χ0) is 23.4. The molecular formula is C25H34O8. The standard InChI is InChI=1S/C25H34O8/c1-14-5-10-20-15(2)22(29-16(3)17-6-8-18(9-7-17)28-13-21(26)27)30-23-25(20)19(14)11-12-24(4,31-23)32-33-25/h6-9,14-16,19-20,22-23H,5,10-13H2,1-4H3,(H,26,27)/t14-,15-,16?,19?,20?,22+,23-,24+,25-/m1/s1. The molecule has 9 atom stereocenters. The average Bonchev–Trinajstić information content (AvgIpc) is 3.02. The van der Waals surface area contributed by atoms with Gasteiger partial charge in [0, 0.05) is 18.3 Å². The Labute approximate surface area is 194 Å². The van der Waals surface area contributed by atoms with Crippen molar-refractivity contribution < 1.29 is 38.6 Å². The van der Waals surface area contributed by atoms with Gasteiger partial charge < -0.3 is 24.1 Å². The van der Waals surface area contributed by atoms with Crippen LogP contribution in [0.25, 0.3) is 0 Å². The summed E-state index contributed by atoms with van der Waals surface area (Å²) < 4.78 is 24.6. The highest BCUT2D eigenvalue weighted by Gasteiger charge is 2.69. The van der Waals surface area contributed by atoms with Crippen LogP contribution in [-0.2, 0) is 28.8 Å². The van der Waals surface area contributed by atoms with Crippen LogP contribution in [-0.4, -0.2) is 41.7 Å². The van der Waals surface area contributed by atoms with Crippen LogP contribution in [0.5, 0.6) is 5.75 Å². The number of carbonyl (C=O) groups is 1. The van der Waals surface area contributed by atoms with Crippen molar-refractivity contribution in [2.75, 3.05) is 6.61 Å². The van der Waals surface area contributed by atoms with Crippen LogP contribution < -0.4 is 4.74 Å². The fourth-order valence-corrected chi connectivity index (χ4v) is 6.29. The number of carboxylic acid groups (broad SMARTS) is 1. The zero-order valence-electron chi connectivity index (χ0n) is 19.7. The van der Waals surface area contributed by atoms with Gasteiger partial charge in [0.2, 0.25) is 5.79 Å². The molecule has 0 aromatic heterocycles. The number of hydrogen-bond donors (Lipinski definition) is 1. The number of benzene rings is 1. The maximum Gasteiger partial charge on any atom is 0.341 e. The van der Waals surface area contributed by atoms with Gasteiger partial charge in [0.05, 0.1) is 6.10 Å². The molecule has 1 aromatic rings. The molecule has 6 rings (SSSR count). The molecule has 33 heavy (non-hydrogen) atoms. The first-order valence-corrected chi connectivity index (χ1v) is 12.0. The molecule has 182 valence electrons. The van der Waals surface area contributed by atoms with Crippen LogP contribution in [0.1, 0.15) is 65.0 Å². The van der Waals surface area contributed by atoms with Gasteiger partial charge in [0.15, 0.2) is 24.8 Å². The number of aliphatic carboxylic acids is 1. The molecule has 5 fully saturated rings. The topological polar surface area (TPSA) is 92.7 Å². The Balaban J connectivity index is 1.33. The lowest BCUT2D eigenvalue weighted by Crippen LogP contribution is -2.70. The van der Waals surface area contributed by atoms with Crippen molar-refractivity contribution in [3.8, 4) is 5.75 Å². The van der Waals surface area contributed by atoms with E-state index >= 15 is 0 Å². The Morgan fingerprint density at radius 3 is 2.64 bits per heavy atom. The van der Waals surface area contributed by atoms with Gasteiger partial charge in [-0.2, -0.15) is 0 Å². The maximum atomic E-state index is 10.7. The summed E-state index contributed by atoms with van der Waals surface area (Å²) in [5.41, 5.74) is 0.359. The predicted octanol–water partition coefficient (Wildman–Crippen LogP) is 4.44. The molecule has 4 aliphatic heterocycles. The van der Waals surface area contributed by atoms with Crippen molar-refractivity contribution in [2.24, 2.45) is 23.7 Å². The molecule has 4 heterocycles. The maximum absolute atomic E-state index is 10.7. The van der Waals surface area contributed by atoms with Gasteiger partial charge in [-0.3, -0.25) is 0 Å². The number of ether oxygens (including phenoxy) is 4. The summed E-state index contributed by atoms with van der Waals surface area (Å²) in [6.45, 7) is 8.01. The summed E-state index contributed by atoms with van der Waals surface area (Å²) >= 11 is 0. The molecule has 8 nitrogen and oxygen atoms in total. The minimum atomic E-state index is -1.01. The van der Waals surface area contributed by atoms with Gasteiger partial charge in [0.1, 0.15) is 5.75 Å². The van der Waals surface area contributed by atoms with Crippen LogP contribution in [0, 0.1) is 23.7 Å². The molecule has 5 aliphatic rings. The second-order valence-electron chi connectivity index (χ2n) is 10.3. The molecule has 4 saturated heterocycles. The van der Waals surface area contributed by atoms with Crippen molar-refractivity contribution in [2.45, 2.75) is 83.5 Å². The molecule has 0 amide bonds. The second kappa shape index (κ2) is 8.50. The summed E-state index contributed by atoms with van der Waals surface area (Å²) in [5, 5.41) is 8.77. The van der Waals surface area contributed by atoms with Crippen LogP contribution in [0.4, 0.5) is 0 Å². The molecule has 1 N–H and O–H groups in total. The summed E-state index contributed by atoms with van der Waals surface area (Å²) in [5.74, 6) is -0.145. The predicted molar refractivity (Wildman–Crippen MR) is 116 cm³/mol. The highest BCUT2D eigenvalue weighted by Crippen LogP contribution is 2.60. The van der Waals surface area contributed by atoms with E-state index in [-0.39, 0.29) is 24.5 Å². The monoisotopic (exact) mass is 462 g/mol. The first-order chi connectivity index (χ1) is 15.7. The van der Waals surface area contributed by atoms with Crippen molar-refractivity contribution in [1.82, 2.24) is 0 Å². The summed E-state index contributed by atoms with van der Waals surface area (Å²) in [7, 11) is 0. The van der Waals surface area contributed by atoms with Gasteiger partial charge in [-0.05, 0) is 62.6 Å². The van der Waals surface area contributed by atoms with Crippen molar-refractivity contribution in [1.29, 1.82) is 0 Å². The van der Waals surface area contributed by atoms with E-state index in [9.17, 15) is 4.79 Å². The van der Waals surface area contributed by atoms with E-state index < -0.39 is 29.9 Å². The summed E-state index contributed by atoms with van der Waals surface area (Å²) in [4.78, 5) is 22.8. The van der Waals surface area contributed by atoms with E-state index in [1.54, 1.807) is 12.1 Å². The van der Waals surface area contributed by atoms with E-state index in [1.165, 1.54) is 0 Å². The van der Waals surface area contributed by atoms with Crippen molar-refractivity contribution in [3.63, 3.8) is 0 Å². The molecule has 1 aliphatic carbocycles. The number of carboxylic acids is 1. The van der Waals surface area contributed by atoms with Crippen LogP contribution in [0.15, 0.2) is 24.3 Å². The van der Waals surface area contributed by atoms with Crippen LogP contribution in [0.2, 0.25) is 0 Å². The van der Waals surface area contributed by atoms with E-state index in [0.717, 1.165) is 31.2 Å². The van der Waals surface area contributed by atoms with E-state index in [1.807, 2.05) is 26.0 Å². The largest absolute Gasteiger partial charge is 0.482 e. The van der Waals surface area contributed by atoms with E-state index in [4.69, 9.17) is 33.8 Å². The number of hydrogen-bond acceptors (Lipinski definition) is 7. The van der Waals surface area contributed by atoms with E-state index in [0.29, 0.717) is 17.6 Å². The Hall–Kier alpha value is -1.71. The molecular weight excluding hydrogens is 428 g/mol. The lowest BCUT2D eigenvalue weighted by molar-refractivity contribution is -0.578. The van der Waals surface area contributed by atoms with Gasteiger partial charge in [-0.1, -0.05) is 26.0 Å². The number of fused-ring (bicyclic) bond motifs is 2. The molecule has 8 heteroatoms. The minimum Gasteiger partial charge on any atom is -0.482 e. The number of rotatable bonds is 6. The lowest BCUT2D eigenvalue weighted by atomic mass is 9.58. The molecule has 2 bridgehead atoms. The average molecular weight is 463 g/mol. The third-order valence-electron chi connectivity index (χ3n) is 8.15. The van der Waals surface area contributed by atoms with Gasteiger partial charge >= 0.3 is 5.97 Å². The van der Waals surface area contributed by atoms with Crippen LogP contribution >= 0.6 is 0 Å². The Kier molecular flexibility index (Phi) is 5.94. The Bertz CT molecular complexity index is 874. The molecule has 0 radical (unpaired) electrons. The SMILES string of the molecule is CC(O[C@H]1O[C@@H]2O[C@]3(C)CCC4[C@H](C)CCC([C@H]1C)[C@]42OO3)c1ccc(OCC(=O)O)cc1. The first kappa shape index (κ1) is 23.1. The minimum absolute atomic E-state index is 0.103. The molecule has 1 spiro atoms. The third kappa shape index (κ3) is 3.96. The summed E-state index contributed by atoms with van der Waals surface area (Å²) in [6, 6.07) is 7.28. The van der Waals surface area contributed by atoms with Crippen molar-refractivity contribution in [3.05, 3.63) is 29.8 Å². The zero-order valence-corrected chi connectivity index (χ0v) is 19.7. The Morgan fingerprint density at radius 1 is 1.15 bits per heavy atom. The van der Waals surface area contributed by atoms with Gasteiger partial charge in [-0.15, -0.1) is 0 Å². The third-order valence-corrected chi connectivity index (χ3v) is 8.15. The highest BCUT2D eigenvalue weighted by atomic mass is 17.3. The van der Waals surface area contributed by atoms with Gasteiger partial charge in [0.25, 0.3) is 0 Å². The van der Waals surface area contributed by atoms with E-state index in [2.05, 4.69) is 13.8 Å². The van der Waals surface area contributed by atoms with Crippen molar-refractivity contribution >= 4 is 5.97 Å². The molecule has 1 saturated carbocycles. The fraction of sp³-hybridized carbons (Fsp3) is 0.720. The normalized spacial score (nSPS) is 42.8. The molecule has 3 unspecified atom stereocenters. The lowest BCUT2D eigenvalue weighted by Gasteiger charge is -2.60. The van der Waals surface area contributed by atoms with Gasteiger partial charge in [-0.25, -0.2) is 14.6 Å². The first-order valence-electron chi connectivity index (χ1n) is 12.0. The second-order valence-corrected chi connectivity index (χ2v) is 10.3. The summed E-state index contributed by atoms with van der Waals surface area (Å²) in [6.07, 6.45) is 2.75. The quantitative estimate of drug-likeness (QED) is 0.621.